The van der Waals surface area contributed by atoms with Crippen molar-refractivity contribution in [3.05, 3.63) is 23.8 Å². The van der Waals surface area contributed by atoms with Gasteiger partial charge in [0.05, 0.1) is 33.5 Å². The molecule has 1 aromatic carbocycles. The summed E-state index contributed by atoms with van der Waals surface area (Å²) in [4.78, 5) is 4.62. The number of nitrogens with one attached hydrogen (secondary N) is 2. The van der Waals surface area contributed by atoms with E-state index in [4.69, 9.17) is 18.9 Å². The van der Waals surface area contributed by atoms with E-state index in [-0.39, 0.29) is 0 Å². The average Bonchev–Trinajstić information content (AvgIpc) is 2.66. The Kier molecular flexibility index (Phi) is 12.1. The Morgan fingerprint density at radius 2 is 1.88 bits per heavy atom. The first-order chi connectivity index (χ1) is 12.7. The molecule has 0 bridgehead atoms. The Hall–Kier alpha value is -1.99. The molecule has 1 rings (SSSR count). The van der Waals surface area contributed by atoms with Crippen LogP contribution in [-0.4, -0.2) is 59.7 Å². The van der Waals surface area contributed by atoms with Gasteiger partial charge in [-0.1, -0.05) is 6.07 Å². The van der Waals surface area contributed by atoms with Crippen LogP contribution in [0.2, 0.25) is 0 Å². The molecule has 1 aromatic rings. The quantitative estimate of drug-likeness (QED) is 0.316. The fraction of sp³-hybridized carbons (Fsp3) is 0.632. The van der Waals surface area contributed by atoms with E-state index < -0.39 is 0 Å². The summed E-state index contributed by atoms with van der Waals surface area (Å²) >= 11 is 0. The van der Waals surface area contributed by atoms with Gasteiger partial charge in [-0.2, -0.15) is 0 Å². The first-order valence-electron chi connectivity index (χ1n) is 9.13. The minimum Gasteiger partial charge on any atom is -0.493 e. The Labute approximate surface area is 157 Å². The van der Waals surface area contributed by atoms with Gasteiger partial charge >= 0.3 is 0 Å². The Balaban J connectivity index is 2.49. The van der Waals surface area contributed by atoms with E-state index >= 15 is 0 Å². The van der Waals surface area contributed by atoms with E-state index in [0.717, 1.165) is 42.5 Å². The van der Waals surface area contributed by atoms with Crippen molar-refractivity contribution in [2.24, 2.45) is 4.99 Å². The van der Waals surface area contributed by atoms with E-state index in [1.165, 1.54) is 0 Å². The molecule has 26 heavy (non-hydrogen) atoms. The molecule has 0 aliphatic heterocycles. The van der Waals surface area contributed by atoms with Gasteiger partial charge in [0, 0.05) is 26.8 Å². The lowest BCUT2D eigenvalue weighted by molar-refractivity contribution is 0.0698. The molecule has 7 heteroatoms. The zero-order valence-corrected chi connectivity index (χ0v) is 16.5. The summed E-state index contributed by atoms with van der Waals surface area (Å²) in [5.74, 6) is 2.27. The van der Waals surface area contributed by atoms with Crippen LogP contribution in [0.15, 0.2) is 23.2 Å². The third-order valence-electron chi connectivity index (χ3n) is 3.48. The first-order valence-corrected chi connectivity index (χ1v) is 9.13. The topological polar surface area (TPSA) is 73.3 Å². The maximum Gasteiger partial charge on any atom is 0.191 e. The molecule has 0 aliphatic rings. The molecule has 0 heterocycles. The Morgan fingerprint density at radius 3 is 2.58 bits per heavy atom. The number of ether oxygens (including phenoxy) is 4. The van der Waals surface area contributed by atoms with Crippen molar-refractivity contribution >= 4 is 5.96 Å². The van der Waals surface area contributed by atoms with Crippen LogP contribution in [0.25, 0.3) is 0 Å². The van der Waals surface area contributed by atoms with E-state index in [1.54, 1.807) is 14.2 Å². The number of nitrogens with zero attached hydrogens (tertiary/aromatic N) is 1. The maximum absolute atomic E-state index is 5.54. The lowest BCUT2D eigenvalue weighted by atomic mass is 10.2. The van der Waals surface area contributed by atoms with Crippen molar-refractivity contribution in [2.45, 2.75) is 26.8 Å². The van der Waals surface area contributed by atoms with Crippen LogP contribution in [0.1, 0.15) is 25.8 Å². The van der Waals surface area contributed by atoms with E-state index in [1.807, 2.05) is 32.0 Å². The Morgan fingerprint density at radius 1 is 1.04 bits per heavy atom. The molecule has 0 unspecified atom stereocenters. The van der Waals surface area contributed by atoms with Gasteiger partial charge in [-0.15, -0.1) is 0 Å². The number of benzene rings is 1. The predicted molar refractivity (Wildman–Crippen MR) is 104 cm³/mol. The average molecular weight is 367 g/mol. The molecule has 0 saturated carbocycles. The summed E-state index contributed by atoms with van der Waals surface area (Å²) in [6, 6.07) is 5.89. The fourth-order valence-electron chi connectivity index (χ4n) is 2.22. The number of guanidine groups is 1. The zero-order chi connectivity index (χ0) is 19.0. The van der Waals surface area contributed by atoms with E-state index in [0.29, 0.717) is 33.0 Å². The van der Waals surface area contributed by atoms with Gasteiger partial charge < -0.3 is 29.6 Å². The normalized spacial score (nSPS) is 11.3. The lowest BCUT2D eigenvalue weighted by Crippen LogP contribution is -2.38. The van der Waals surface area contributed by atoms with Gasteiger partial charge in [0.15, 0.2) is 17.5 Å². The summed E-state index contributed by atoms with van der Waals surface area (Å²) in [5.41, 5.74) is 1.06. The predicted octanol–water partition coefficient (Wildman–Crippen LogP) is 2.20. The van der Waals surface area contributed by atoms with Crippen molar-refractivity contribution in [2.75, 3.05) is 53.7 Å². The fourth-order valence-corrected chi connectivity index (χ4v) is 2.22. The smallest absolute Gasteiger partial charge is 0.191 e. The SMILES string of the molecule is CCNC(=NCc1ccc(OCC)c(OC)c1)NCCCOCCOC. The summed E-state index contributed by atoms with van der Waals surface area (Å²) in [6.07, 6.45) is 0.908. The van der Waals surface area contributed by atoms with Crippen molar-refractivity contribution in [3.8, 4) is 11.5 Å². The molecule has 0 aromatic heterocycles. The van der Waals surface area contributed by atoms with Gasteiger partial charge in [-0.3, -0.25) is 0 Å². The van der Waals surface area contributed by atoms with Gasteiger partial charge in [0.25, 0.3) is 0 Å². The van der Waals surface area contributed by atoms with Crippen LogP contribution < -0.4 is 20.1 Å². The molecule has 0 atom stereocenters. The van der Waals surface area contributed by atoms with Crippen molar-refractivity contribution in [1.82, 2.24) is 10.6 Å². The highest BCUT2D eigenvalue weighted by Crippen LogP contribution is 2.28. The molecular formula is C19H33N3O4. The van der Waals surface area contributed by atoms with Gasteiger partial charge in [-0.05, 0) is 38.0 Å². The second kappa shape index (κ2) is 14.2. The largest absolute Gasteiger partial charge is 0.493 e. The van der Waals surface area contributed by atoms with Gasteiger partial charge in [-0.25, -0.2) is 4.99 Å². The van der Waals surface area contributed by atoms with Crippen molar-refractivity contribution in [3.63, 3.8) is 0 Å². The summed E-state index contributed by atoms with van der Waals surface area (Å²) in [5, 5.41) is 6.56. The van der Waals surface area contributed by atoms with Gasteiger partial charge in [0.2, 0.25) is 0 Å². The molecule has 148 valence electrons. The second-order valence-corrected chi connectivity index (χ2v) is 5.50. The third-order valence-corrected chi connectivity index (χ3v) is 3.48. The number of aliphatic imine (C=N–C) groups is 1. The van der Waals surface area contributed by atoms with Crippen LogP contribution >= 0.6 is 0 Å². The van der Waals surface area contributed by atoms with Crippen molar-refractivity contribution in [1.29, 1.82) is 0 Å². The molecule has 0 aliphatic carbocycles. The summed E-state index contributed by atoms with van der Waals surface area (Å²) < 4.78 is 21.3. The van der Waals surface area contributed by atoms with Gasteiger partial charge in [0.1, 0.15) is 0 Å². The highest BCUT2D eigenvalue weighted by Gasteiger charge is 2.05. The van der Waals surface area contributed by atoms with E-state index in [2.05, 4.69) is 15.6 Å². The standard InChI is InChI=1S/C19H33N3O4/c1-5-20-19(21-10-7-11-25-13-12-23-3)22-15-16-8-9-17(26-6-2)18(14-16)24-4/h8-9,14H,5-7,10-13,15H2,1-4H3,(H2,20,21,22). The minimum atomic E-state index is 0.558. The van der Waals surface area contributed by atoms with Crippen molar-refractivity contribution < 1.29 is 18.9 Å². The molecule has 0 saturated heterocycles. The maximum atomic E-state index is 5.54. The highest BCUT2D eigenvalue weighted by molar-refractivity contribution is 5.79. The number of methoxy groups -OCH3 is 2. The lowest BCUT2D eigenvalue weighted by Gasteiger charge is -2.12. The minimum absolute atomic E-state index is 0.558. The summed E-state index contributed by atoms with van der Waals surface area (Å²) in [6.45, 7) is 8.73. The van der Waals surface area contributed by atoms with Crippen LogP contribution in [0.4, 0.5) is 0 Å². The highest BCUT2D eigenvalue weighted by atomic mass is 16.5. The third kappa shape index (κ3) is 8.92. The van der Waals surface area contributed by atoms with Crippen LogP contribution in [0.5, 0.6) is 11.5 Å². The van der Waals surface area contributed by atoms with E-state index in [9.17, 15) is 0 Å². The van der Waals surface area contributed by atoms with Crippen LogP contribution in [0, 0.1) is 0 Å². The molecule has 0 spiro atoms. The molecule has 0 fully saturated rings. The molecule has 0 amide bonds. The molecular weight excluding hydrogens is 334 g/mol. The molecule has 2 N–H and O–H groups in total. The molecule has 7 nitrogen and oxygen atoms in total. The first kappa shape index (κ1) is 22.1. The zero-order valence-electron chi connectivity index (χ0n) is 16.5. The second-order valence-electron chi connectivity index (χ2n) is 5.50. The Bertz CT molecular complexity index is 524. The number of hydrogen-bond acceptors (Lipinski definition) is 5. The number of rotatable bonds is 13. The van der Waals surface area contributed by atoms with Crippen LogP contribution in [0.3, 0.4) is 0 Å². The van der Waals surface area contributed by atoms with Crippen LogP contribution in [-0.2, 0) is 16.0 Å². The molecule has 0 radical (unpaired) electrons. The monoisotopic (exact) mass is 367 g/mol. The number of hydrogen-bond donors (Lipinski definition) is 2. The summed E-state index contributed by atoms with van der Waals surface area (Å²) in [7, 11) is 3.31.